The number of nitro benzene ring substituents is 1. The first-order valence-corrected chi connectivity index (χ1v) is 5.98. The van der Waals surface area contributed by atoms with E-state index in [2.05, 4.69) is 0 Å². The summed E-state index contributed by atoms with van der Waals surface area (Å²) >= 11 is 0. The molecule has 110 valence electrons. The van der Waals surface area contributed by atoms with E-state index in [1.165, 1.54) is 19.1 Å². The minimum atomic E-state index is -1.09. The summed E-state index contributed by atoms with van der Waals surface area (Å²) in [6, 6.07) is 6.86. The Morgan fingerprint density at radius 1 is 1.24 bits per heavy atom. The molecular formula is C14H11F2NO4. The average Bonchev–Trinajstić information content (AvgIpc) is 2.40. The van der Waals surface area contributed by atoms with Crippen LogP contribution in [0.4, 0.5) is 14.5 Å². The highest BCUT2D eigenvalue weighted by molar-refractivity contribution is 5.43. The van der Waals surface area contributed by atoms with Crippen LogP contribution in [0.3, 0.4) is 0 Å². The van der Waals surface area contributed by atoms with Gasteiger partial charge in [0.2, 0.25) is 5.82 Å². The van der Waals surface area contributed by atoms with Crippen LogP contribution in [-0.4, -0.2) is 10.0 Å². The van der Waals surface area contributed by atoms with E-state index in [9.17, 15) is 24.0 Å². The summed E-state index contributed by atoms with van der Waals surface area (Å²) in [5.74, 6) is -2.18. The summed E-state index contributed by atoms with van der Waals surface area (Å²) in [7, 11) is 0. The van der Waals surface area contributed by atoms with E-state index in [0.717, 1.165) is 24.3 Å². The van der Waals surface area contributed by atoms with Gasteiger partial charge in [0, 0.05) is 17.7 Å². The van der Waals surface area contributed by atoms with Gasteiger partial charge in [-0.2, -0.15) is 4.39 Å². The largest absolute Gasteiger partial charge is 0.454 e. The van der Waals surface area contributed by atoms with Crippen molar-refractivity contribution in [2.75, 3.05) is 0 Å². The van der Waals surface area contributed by atoms with Crippen LogP contribution in [-0.2, 0) is 0 Å². The quantitative estimate of drug-likeness (QED) is 0.689. The number of rotatable bonds is 4. The Hall–Kier alpha value is -2.54. The first kappa shape index (κ1) is 14.9. The van der Waals surface area contributed by atoms with Crippen molar-refractivity contribution < 1.29 is 23.5 Å². The Morgan fingerprint density at radius 2 is 1.95 bits per heavy atom. The number of ether oxygens (including phenoxy) is 1. The smallest absolute Gasteiger partial charge is 0.305 e. The SMILES string of the molecule is CC(O)c1cccc(F)c1Oc1ccc([N+](=O)[O-])c(F)c1. The standard InChI is InChI=1S/C14H11F2NO4/c1-8(18)10-3-2-4-11(15)14(10)21-9-5-6-13(17(19)20)12(16)7-9/h2-8,18H,1H3. The molecule has 0 aromatic heterocycles. The Morgan fingerprint density at radius 3 is 2.52 bits per heavy atom. The number of para-hydroxylation sites is 1. The molecule has 0 aliphatic rings. The third kappa shape index (κ3) is 3.14. The van der Waals surface area contributed by atoms with Crippen molar-refractivity contribution in [3.8, 4) is 11.5 Å². The molecule has 0 aliphatic carbocycles. The van der Waals surface area contributed by atoms with Gasteiger partial charge < -0.3 is 9.84 Å². The van der Waals surface area contributed by atoms with E-state index in [-0.39, 0.29) is 17.1 Å². The van der Waals surface area contributed by atoms with Gasteiger partial charge in [0.05, 0.1) is 11.0 Å². The average molecular weight is 295 g/mol. The van der Waals surface area contributed by atoms with E-state index in [1.807, 2.05) is 0 Å². The van der Waals surface area contributed by atoms with Crippen LogP contribution in [0.2, 0.25) is 0 Å². The zero-order valence-corrected chi connectivity index (χ0v) is 10.9. The third-order valence-corrected chi connectivity index (χ3v) is 2.78. The lowest BCUT2D eigenvalue weighted by atomic mass is 10.1. The van der Waals surface area contributed by atoms with Crippen LogP contribution >= 0.6 is 0 Å². The number of halogens is 2. The molecule has 0 radical (unpaired) electrons. The molecule has 2 aromatic carbocycles. The zero-order chi connectivity index (χ0) is 15.6. The van der Waals surface area contributed by atoms with Crippen molar-refractivity contribution in [3.05, 3.63) is 63.7 Å². The molecule has 1 atom stereocenters. The second-order valence-corrected chi connectivity index (χ2v) is 4.31. The van der Waals surface area contributed by atoms with Gasteiger partial charge in [-0.1, -0.05) is 12.1 Å². The van der Waals surface area contributed by atoms with E-state index in [0.29, 0.717) is 0 Å². The van der Waals surface area contributed by atoms with E-state index < -0.39 is 28.3 Å². The summed E-state index contributed by atoms with van der Waals surface area (Å²) in [5.41, 5.74) is -0.514. The number of benzene rings is 2. The predicted molar refractivity (Wildman–Crippen MR) is 70.2 cm³/mol. The normalized spacial score (nSPS) is 12.0. The van der Waals surface area contributed by atoms with Crippen LogP contribution < -0.4 is 4.74 Å². The van der Waals surface area contributed by atoms with Crippen LogP contribution in [0, 0.1) is 21.7 Å². The topological polar surface area (TPSA) is 72.6 Å². The first-order valence-electron chi connectivity index (χ1n) is 5.98. The minimum Gasteiger partial charge on any atom is -0.454 e. The molecule has 0 amide bonds. The predicted octanol–water partition coefficient (Wildman–Crippen LogP) is 3.72. The van der Waals surface area contributed by atoms with Crippen molar-refractivity contribution >= 4 is 5.69 Å². The van der Waals surface area contributed by atoms with Crippen LogP contribution in [0.5, 0.6) is 11.5 Å². The van der Waals surface area contributed by atoms with Crippen molar-refractivity contribution in [2.24, 2.45) is 0 Å². The Kier molecular flexibility index (Phi) is 4.13. The van der Waals surface area contributed by atoms with Crippen molar-refractivity contribution in [3.63, 3.8) is 0 Å². The number of nitro groups is 1. The molecule has 21 heavy (non-hydrogen) atoms. The van der Waals surface area contributed by atoms with Gasteiger partial charge in [0.1, 0.15) is 5.75 Å². The molecule has 0 spiro atoms. The number of aliphatic hydroxyl groups is 1. The van der Waals surface area contributed by atoms with Gasteiger partial charge in [0.25, 0.3) is 0 Å². The van der Waals surface area contributed by atoms with E-state index >= 15 is 0 Å². The van der Waals surface area contributed by atoms with Crippen LogP contribution in [0.1, 0.15) is 18.6 Å². The number of nitrogens with zero attached hydrogens (tertiary/aromatic N) is 1. The number of hydrogen-bond donors (Lipinski definition) is 1. The molecule has 0 bridgehead atoms. The lowest BCUT2D eigenvalue weighted by Crippen LogP contribution is -1.99. The second kappa shape index (κ2) is 5.84. The lowest BCUT2D eigenvalue weighted by molar-refractivity contribution is -0.387. The summed E-state index contributed by atoms with van der Waals surface area (Å²) in [5, 5.41) is 20.1. The fourth-order valence-electron chi connectivity index (χ4n) is 1.78. The van der Waals surface area contributed by atoms with Crippen molar-refractivity contribution in [2.45, 2.75) is 13.0 Å². The van der Waals surface area contributed by atoms with Gasteiger partial charge in [0.15, 0.2) is 11.6 Å². The van der Waals surface area contributed by atoms with Gasteiger partial charge in [-0.05, 0) is 19.1 Å². The Labute approximate surface area is 118 Å². The highest BCUT2D eigenvalue weighted by atomic mass is 19.1. The van der Waals surface area contributed by atoms with Crippen LogP contribution in [0.25, 0.3) is 0 Å². The van der Waals surface area contributed by atoms with Gasteiger partial charge >= 0.3 is 5.69 Å². The summed E-state index contributed by atoms with van der Waals surface area (Å²) in [4.78, 5) is 9.65. The molecular weight excluding hydrogens is 284 g/mol. The van der Waals surface area contributed by atoms with Crippen molar-refractivity contribution in [1.82, 2.24) is 0 Å². The van der Waals surface area contributed by atoms with E-state index in [1.54, 1.807) is 0 Å². The fourth-order valence-corrected chi connectivity index (χ4v) is 1.78. The van der Waals surface area contributed by atoms with Crippen LogP contribution in [0.15, 0.2) is 36.4 Å². The highest BCUT2D eigenvalue weighted by Crippen LogP contribution is 2.33. The molecule has 5 nitrogen and oxygen atoms in total. The van der Waals surface area contributed by atoms with E-state index in [4.69, 9.17) is 4.74 Å². The van der Waals surface area contributed by atoms with Crippen molar-refractivity contribution in [1.29, 1.82) is 0 Å². The molecule has 7 heteroatoms. The maximum Gasteiger partial charge on any atom is 0.305 e. The third-order valence-electron chi connectivity index (χ3n) is 2.78. The fraction of sp³-hybridized carbons (Fsp3) is 0.143. The Balaban J connectivity index is 2.39. The molecule has 1 N–H and O–H groups in total. The monoisotopic (exact) mass is 295 g/mol. The molecule has 0 heterocycles. The maximum absolute atomic E-state index is 13.8. The van der Waals surface area contributed by atoms with Gasteiger partial charge in [-0.3, -0.25) is 10.1 Å². The molecule has 2 rings (SSSR count). The first-order chi connectivity index (χ1) is 9.90. The molecule has 0 aliphatic heterocycles. The summed E-state index contributed by atoms with van der Waals surface area (Å²) in [6.07, 6.45) is -0.987. The molecule has 0 fully saturated rings. The minimum absolute atomic E-state index is 0.106. The summed E-state index contributed by atoms with van der Waals surface area (Å²) in [6.45, 7) is 1.43. The summed E-state index contributed by atoms with van der Waals surface area (Å²) < 4.78 is 32.5. The lowest BCUT2D eigenvalue weighted by Gasteiger charge is -2.13. The van der Waals surface area contributed by atoms with Gasteiger partial charge in [-0.25, -0.2) is 4.39 Å². The number of hydrogen-bond acceptors (Lipinski definition) is 4. The molecule has 2 aromatic rings. The highest BCUT2D eigenvalue weighted by Gasteiger charge is 2.18. The molecule has 0 saturated heterocycles. The number of aliphatic hydroxyl groups excluding tert-OH is 1. The molecule has 1 unspecified atom stereocenters. The maximum atomic E-state index is 13.8. The zero-order valence-electron chi connectivity index (χ0n) is 10.9. The molecule has 0 saturated carbocycles. The second-order valence-electron chi connectivity index (χ2n) is 4.31. The van der Waals surface area contributed by atoms with Gasteiger partial charge in [-0.15, -0.1) is 0 Å². The Bertz CT molecular complexity index is 689.